The van der Waals surface area contributed by atoms with Crippen molar-refractivity contribution in [3.05, 3.63) is 29.3 Å². The number of sulfonamides is 1. The summed E-state index contributed by atoms with van der Waals surface area (Å²) in [6.45, 7) is 2.18. The predicted molar refractivity (Wildman–Crippen MR) is 93.0 cm³/mol. The van der Waals surface area contributed by atoms with Crippen molar-refractivity contribution in [1.82, 2.24) is 10.0 Å². The molecule has 1 aromatic rings. The summed E-state index contributed by atoms with van der Waals surface area (Å²) in [6, 6.07) is 4.54. The molecule has 0 saturated heterocycles. The number of carboxylic acids is 1. The number of carbonyl (C=O) groups excluding carboxylic acids is 1. The molecule has 7 nitrogen and oxygen atoms in total. The van der Waals surface area contributed by atoms with E-state index in [2.05, 4.69) is 10.0 Å². The van der Waals surface area contributed by atoms with Gasteiger partial charge in [-0.05, 0) is 50.3 Å². The highest BCUT2D eigenvalue weighted by molar-refractivity contribution is 7.89. The molecule has 1 saturated carbocycles. The van der Waals surface area contributed by atoms with Crippen molar-refractivity contribution in [1.29, 1.82) is 0 Å². The van der Waals surface area contributed by atoms with E-state index in [0.717, 1.165) is 12.8 Å². The van der Waals surface area contributed by atoms with E-state index < -0.39 is 16.0 Å². The Morgan fingerprint density at radius 1 is 1.20 bits per heavy atom. The minimum Gasteiger partial charge on any atom is -0.481 e. The number of unbranched alkanes of at least 4 members (excludes halogenated alkanes) is 2. The first-order valence-corrected chi connectivity index (χ1v) is 9.91. The molecule has 1 aliphatic rings. The molecule has 0 aromatic heterocycles. The number of aliphatic carboxylic acids is 1. The Balaban J connectivity index is 1.92. The molecule has 0 atom stereocenters. The minimum atomic E-state index is -3.60. The summed E-state index contributed by atoms with van der Waals surface area (Å²) < 4.78 is 27.1. The Bertz CT molecular complexity index is 741. The fourth-order valence-electron chi connectivity index (χ4n) is 2.38. The maximum absolute atomic E-state index is 12.3. The number of amides is 1. The predicted octanol–water partition coefficient (Wildman–Crippen LogP) is 1.81. The van der Waals surface area contributed by atoms with Crippen LogP contribution >= 0.6 is 0 Å². The topological polar surface area (TPSA) is 113 Å². The lowest BCUT2D eigenvalue weighted by molar-refractivity contribution is -0.137. The Hall–Kier alpha value is -1.93. The number of benzene rings is 1. The van der Waals surface area contributed by atoms with Crippen LogP contribution in [-0.2, 0) is 14.8 Å². The van der Waals surface area contributed by atoms with Crippen LogP contribution in [0.4, 0.5) is 0 Å². The highest BCUT2D eigenvalue weighted by Gasteiger charge is 2.28. The number of carboxylic acid groups (broad SMARTS) is 1. The molecular weight excluding hydrogens is 344 g/mol. The summed E-state index contributed by atoms with van der Waals surface area (Å²) in [5.41, 5.74) is 1.04. The second-order valence-corrected chi connectivity index (χ2v) is 8.05. The molecule has 0 unspecified atom stereocenters. The standard InChI is InChI=1S/C17H24N2O5S/c1-12-6-9-14(25(23,24)19-13-7-8-13)11-15(12)17(22)18-10-4-2-3-5-16(20)21/h6,9,11,13,19H,2-5,7-8,10H2,1H3,(H,18,22)(H,20,21). The lowest BCUT2D eigenvalue weighted by Gasteiger charge is -2.11. The second kappa shape index (κ2) is 8.44. The zero-order valence-electron chi connectivity index (χ0n) is 14.2. The van der Waals surface area contributed by atoms with Crippen LogP contribution in [-0.4, -0.2) is 38.0 Å². The third-order valence-corrected chi connectivity index (χ3v) is 5.53. The van der Waals surface area contributed by atoms with E-state index in [1.165, 1.54) is 12.1 Å². The van der Waals surface area contributed by atoms with Crippen molar-refractivity contribution in [3.8, 4) is 0 Å². The van der Waals surface area contributed by atoms with E-state index >= 15 is 0 Å². The third kappa shape index (κ3) is 6.13. The van der Waals surface area contributed by atoms with Crippen molar-refractivity contribution in [3.63, 3.8) is 0 Å². The van der Waals surface area contributed by atoms with Gasteiger partial charge in [0.1, 0.15) is 0 Å². The average Bonchev–Trinajstić information content (AvgIpc) is 3.33. The maximum Gasteiger partial charge on any atom is 0.303 e. The third-order valence-electron chi connectivity index (χ3n) is 4.02. The summed E-state index contributed by atoms with van der Waals surface area (Å²) in [5.74, 6) is -1.14. The molecule has 0 radical (unpaired) electrons. The van der Waals surface area contributed by atoms with Crippen LogP contribution in [0.25, 0.3) is 0 Å². The van der Waals surface area contributed by atoms with Gasteiger partial charge in [-0.25, -0.2) is 13.1 Å². The summed E-state index contributed by atoms with van der Waals surface area (Å²) in [5, 5.41) is 11.3. The lowest BCUT2D eigenvalue weighted by Crippen LogP contribution is -2.28. The van der Waals surface area contributed by atoms with Gasteiger partial charge in [-0.2, -0.15) is 0 Å². The molecule has 1 aromatic carbocycles. The molecule has 1 amide bonds. The van der Waals surface area contributed by atoms with Gasteiger partial charge in [0.25, 0.3) is 5.91 Å². The fraction of sp³-hybridized carbons (Fsp3) is 0.529. The highest BCUT2D eigenvalue weighted by atomic mass is 32.2. The summed E-state index contributed by atoms with van der Waals surface area (Å²) in [7, 11) is -3.60. The van der Waals surface area contributed by atoms with Crippen LogP contribution in [0.1, 0.15) is 54.4 Å². The lowest BCUT2D eigenvalue weighted by atomic mass is 10.1. The van der Waals surface area contributed by atoms with Crippen LogP contribution in [0.15, 0.2) is 23.1 Å². The monoisotopic (exact) mass is 368 g/mol. The van der Waals surface area contributed by atoms with Gasteiger partial charge < -0.3 is 10.4 Å². The van der Waals surface area contributed by atoms with Crippen molar-refractivity contribution in [2.75, 3.05) is 6.54 Å². The van der Waals surface area contributed by atoms with Gasteiger partial charge >= 0.3 is 5.97 Å². The molecule has 8 heteroatoms. The number of hydrogen-bond donors (Lipinski definition) is 3. The molecule has 1 fully saturated rings. The maximum atomic E-state index is 12.3. The molecule has 0 bridgehead atoms. The number of hydrogen-bond acceptors (Lipinski definition) is 4. The summed E-state index contributed by atoms with van der Waals surface area (Å²) in [6.07, 6.45) is 3.79. The van der Waals surface area contributed by atoms with Gasteiger partial charge in [0.15, 0.2) is 0 Å². The van der Waals surface area contributed by atoms with Gasteiger partial charge in [-0.15, -0.1) is 0 Å². The number of rotatable bonds is 10. The minimum absolute atomic E-state index is 0.00869. The van der Waals surface area contributed by atoms with Gasteiger partial charge in [-0.1, -0.05) is 12.5 Å². The van der Waals surface area contributed by atoms with Gasteiger partial charge in [0.05, 0.1) is 4.90 Å². The SMILES string of the molecule is Cc1ccc(S(=O)(=O)NC2CC2)cc1C(=O)NCCCCCC(=O)O. The van der Waals surface area contributed by atoms with Crippen molar-refractivity contribution in [2.24, 2.45) is 0 Å². The van der Waals surface area contributed by atoms with Crippen LogP contribution in [0.3, 0.4) is 0 Å². The average molecular weight is 368 g/mol. The quantitative estimate of drug-likeness (QED) is 0.545. The molecule has 3 N–H and O–H groups in total. The molecule has 0 aliphatic heterocycles. The molecular formula is C17H24N2O5S. The van der Waals surface area contributed by atoms with E-state index in [1.807, 2.05) is 0 Å². The number of aryl methyl sites for hydroxylation is 1. The second-order valence-electron chi connectivity index (χ2n) is 6.33. The number of nitrogens with one attached hydrogen (secondary N) is 2. The molecule has 0 spiro atoms. The molecule has 2 rings (SSSR count). The van der Waals surface area contributed by atoms with Crippen LogP contribution in [0, 0.1) is 6.92 Å². The first-order chi connectivity index (χ1) is 11.8. The zero-order chi connectivity index (χ0) is 18.4. The van der Waals surface area contributed by atoms with Crippen LogP contribution in [0.5, 0.6) is 0 Å². The van der Waals surface area contributed by atoms with Crippen molar-refractivity contribution < 1.29 is 23.1 Å². The van der Waals surface area contributed by atoms with E-state index in [-0.39, 0.29) is 23.3 Å². The zero-order valence-corrected chi connectivity index (χ0v) is 15.1. The van der Waals surface area contributed by atoms with Crippen LogP contribution < -0.4 is 10.0 Å². The van der Waals surface area contributed by atoms with E-state index in [9.17, 15) is 18.0 Å². The summed E-state index contributed by atoms with van der Waals surface area (Å²) in [4.78, 5) is 22.8. The number of carbonyl (C=O) groups is 2. The first-order valence-electron chi connectivity index (χ1n) is 8.42. The Labute approximate surface area is 147 Å². The van der Waals surface area contributed by atoms with Gasteiger partial charge in [0, 0.05) is 24.6 Å². The van der Waals surface area contributed by atoms with Crippen molar-refractivity contribution in [2.45, 2.75) is 56.4 Å². The van der Waals surface area contributed by atoms with Gasteiger partial charge in [-0.3, -0.25) is 9.59 Å². The first kappa shape index (κ1) is 19.4. The van der Waals surface area contributed by atoms with E-state index in [1.54, 1.807) is 13.0 Å². The fourth-order valence-corrected chi connectivity index (χ4v) is 3.71. The smallest absolute Gasteiger partial charge is 0.303 e. The molecule has 0 heterocycles. The highest BCUT2D eigenvalue weighted by Crippen LogP contribution is 2.23. The normalized spacial score (nSPS) is 14.3. The van der Waals surface area contributed by atoms with Crippen molar-refractivity contribution >= 4 is 21.9 Å². The largest absolute Gasteiger partial charge is 0.481 e. The summed E-state index contributed by atoms with van der Waals surface area (Å²) >= 11 is 0. The molecule has 138 valence electrons. The van der Waals surface area contributed by atoms with E-state index in [0.29, 0.717) is 36.9 Å². The molecule has 25 heavy (non-hydrogen) atoms. The Morgan fingerprint density at radius 3 is 2.56 bits per heavy atom. The Morgan fingerprint density at radius 2 is 1.92 bits per heavy atom. The molecule has 1 aliphatic carbocycles. The van der Waals surface area contributed by atoms with Gasteiger partial charge in [0.2, 0.25) is 10.0 Å². The van der Waals surface area contributed by atoms with E-state index in [4.69, 9.17) is 5.11 Å². The van der Waals surface area contributed by atoms with Crippen LogP contribution in [0.2, 0.25) is 0 Å². The Kier molecular flexibility index (Phi) is 6.55.